The maximum Gasteiger partial charge on any atom is 0.246 e. The van der Waals surface area contributed by atoms with Gasteiger partial charge in [-0.05, 0) is 6.92 Å². The number of hydrogen-bond donors (Lipinski definition) is 1. The van der Waals surface area contributed by atoms with Crippen LogP contribution in [0.5, 0.6) is 0 Å². The molecule has 21 heavy (non-hydrogen) atoms. The normalized spacial score (nSPS) is 21.0. The molecule has 1 unspecified atom stereocenters. The Hall–Kier alpha value is -0.960. The van der Waals surface area contributed by atoms with E-state index in [4.69, 9.17) is 4.74 Å². The van der Waals surface area contributed by atoms with Crippen molar-refractivity contribution in [3.63, 3.8) is 0 Å². The lowest BCUT2D eigenvalue weighted by molar-refractivity contribution is 0.0392. The van der Waals surface area contributed by atoms with Crippen LogP contribution in [0.3, 0.4) is 0 Å². The van der Waals surface area contributed by atoms with E-state index in [-0.39, 0.29) is 10.9 Å². The summed E-state index contributed by atoms with van der Waals surface area (Å²) in [7, 11) is -3.48. The number of aromatic nitrogens is 2. The van der Waals surface area contributed by atoms with Gasteiger partial charge in [0.2, 0.25) is 10.0 Å². The Morgan fingerprint density at radius 2 is 2.29 bits per heavy atom. The fourth-order valence-electron chi connectivity index (χ4n) is 2.27. The Kier molecular flexibility index (Phi) is 5.37. The predicted molar refractivity (Wildman–Crippen MR) is 79.5 cm³/mol. The summed E-state index contributed by atoms with van der Waals surface area (Å²) < 4.78 is 33.6. The zero-order valence-corrected chi connectivity index (χ0v) is 13.6. The molecule has 1 aromatic rings. The Morgan fingerprint density at radius 3 is 2.95 bits per heavy atom. The summed E-state index contributed by atoms with van der Waals surface area (Å²) in [6, 6.07) is 0.257. The molecule has 0 spiro atoms. The van der Waals surface area contributed by atoms with Crippen LogP contribution in [-0.4, -0.2) is 60.9 Å². The van der Waals surface area contributed by atoms with Gasteiger partial charge in [0.05, 0.1) is 26.0 Å². The molecule has 1 saturated heterocycles. The number of sulfonamides is 1. The van der Waals surface area contributed by atoms with Gasteiger partial charge in [0.1, 0.15) is 4.90 Å². The first-order valence-electron chi connectivity index (χ1n) is 7.26. The van der Waals surface area contributed by atoms with Crippen molar-refractivity contribution in [3.05, 3.63) is 12.4 Å². The fraction of sp³-hybridized carbons (Fsp3) is 0.769. The minimum Gasteiger partial charge on any atom is -0.378 e. The van der Waals surface area contributed by atoms with Gasteiger partial charge in [-0.15, -0.1) is 0 Å². The Balaban J connectivity index is 2.05. The van der Waals surface area contributed by atoms with Crippen LogP contribution in [-0.2, 0) is 21.3 Å². The summed E-state index contributed by atoms with van der Waals surface area (Å²) >= 11 is 0. The van der Waals surface area contributed by atoms with E-state index in [9.17, 15) is 8.42 Å². The van der Waals surface area contributed by atoms with Crippen LogP contribution >= 0.6 is 0 Å². The van der Waals surface area contributed by atoms with Crippen molar-refractivity contribution in [1.82, 2.24) is 19.4 Å². The fourth-order valence-corrected chi connectivity index (χ4v) is 3.83. The Morgan fingerprint density at radius 1 is 1.52 bits per heavy atom. The van der Waals surface area contributed by atoms with Crippen molar-refractivity contribution in [2.45, 2.75) is 44.3 Å². The van der Waals surface area contributed by atoms with Crippen molar-refractivity contribution in [1.29, 1.82) is 0 Å². The topological polar surface area (TPSA) is 76.5 Å². The number of ether oxygens (including phenoxy) is 1. The van der Waals surface area contributed by atoms with Crippen molar-refractivity contribution in [3.8, 4) is 0 Å². The standard InChI is InChI=1S/C13H24N4O3S/c1-11(2)14-4-5-16-9-13(8-15-16)21(18,19)17-6-7-20-10-12(17)3/h8-9,11-12,14H,4-7,10H2,1-3H3. The first-order valence-corrected chi connectivity index (χ1v) is 8.70. The van der Waals surface area contributed by atoms with Gasteiger partial charge in [0.15, 0.2) is 0 Å². The highest BCUT2D eigenvalue weighted by molar-refractivity contribution is 7.89. The van der Waals surface area contributed by atoms with E-state index in [1.54, 1.807) is 10.9 Å². The molecular formula is C13H24N4O3S. The molecule has 7 nitrogen and oxygen atoms in total. The van der Waals surface area contributed by atoms with Gasteiger partial charge < -0.3 is 10.1 Å². The molecule has 0 saturated carbocycles. The highest BCUT2D eigenvalue weighted by Gasteiger charge is 2.32. The van der Waals surface area contributed by atoms with E-state index in [1.807, 2.05) is 6.92 Å². The molecule has 8 heteroatoms. The first-order chi connectivity index (χ1) is 9.91. The van der Waals surface area contributed by atoms with Crippen LogP contribution in [0.15, 0.2) is 17.3 Å². The van der Waals surface area contributed by atoms with E-state index in [0.717, 1.165) is 6.54 Å². The molecule has 1 aromatic heterocycles. The van der Waals surface area contributed by atoms with Gasteiger partial charge in [-0.1, -0.05) is 13.8 Å². The molecule has 2 rings (SSSR count). The van der Waals surface area contributed by atoms with Gasteiger partial charge in [-0.2, -0.15) is 9.40 Å². The van der Waals surface area contributed by atoms with Gasteiger partial charge in [-0.25, -0.2) is 8.42 Å². The SMILES string of the molecule is CC(C)NCCn1cc(S(=O)(=O)N2CCOCC2C)cn1. The van der Waals surface area contributed by atoms with E-state index in [0.29, 0.717) is 32.3 Å². The molecule has 0 aromatic carbocycles. The van der Waals surface area contributed by atoms with E-state index < -0.39 is 10.0 Å². The third-order valence-corrected chi connectivity index (χ3v) is 5.38. The summed E-state index contributed by atoms with van der Waals surface area (Å²) in [6.45, 7) is 8.66. The number of nitrogens with zero attached hydrogens (tertiary/aromatic N) is 3. The number of nitrogens with one attached hydrogen (secondary N) is 1. The predicted octanol–water partition coefficient (Wildman–Crippen LogP) is 0.291. The third kappa shape index (κ3) is 4.03. The maximum absolute atomic E-state index is 12.6. The quantitative estimate of drug-likeness (QED) is 0.816. The monoisotopic (exact) mass is 316 g/mol. The average Bonchev–Trinajstić information content (AvgIpc) is 2.88. The van der Waals surface area contributed by atoms with E-state index >= 15 is 0 Å². The van der Waals surface area contributed by atoms with Gasteiger partial charge in [0.25, 0.3) is 0 Å². The van der Waals surface area contributed by atoms with Crippen molar-refractivity contribution in [2.75, 3.05) is 26.3 Å². The summed E-state index contributed by atoms with van der Waals surface area (Å²) in [5.41, 5.74) is 0. The molecule has 2 heterocycles. The van der Waals surface area contributed by atoms with Crippen LogP contribution in [0.1, 0.15) is 20.8 Å². The first kappa shape index (κ1) is 16.4. The third-order valence-electron chi connectivity index (χ3n) is 3.42. The van der Waals surface area contributed by atoms with Gasteiger partial charge in [-0.3, -0.25) is 4.68 Å². The molecule has 0 amide bonds. The molecule has 1 aliphatic rings. The van der Waals surface area contributed by atoms with Crippen molar-refractivity contribution >= 4 is 10.0 Å². The molecule has 1 fully saturated rings. The van der Waals surface area contributed by atoms with Crippen LogP contribution in [0.25, 0.3) is 0 Å². The van der Waals surface area contributed by atoms with E-state index in [2.05, 4.69) is 24.3 Å². The number of hydrogen-bond acceptors (Lipinski definition) is 5. The molecule has 1 atom stereocenters. The molecule has 0 radical (unpaired) electrons. The van der Waals surface area contributed by atoms with Crippen molar-refractivity contribution < 1.29 is 13.2 Å². The van der Waals surface area contributed by atoms with Crippen LogP contribution < -0.4 is 5.32 Å². The molecule has 0 aliphatic carbocycles. The smallest absolute Gasteiger partial charge is 0.246 e. The zero-order valence-electron chi connectivity index (χ0n) is 12.8. The van der Waals surface area contributed by atoms with Crippen LogP contribution in [0, 0.1) is 0 Å². The zero-order chi connectivity index (χ0) is 15.5. The molecule has 1 N–H and O–H groups in total. The van der Waals surface area contributed by atoms with Gasteiger partial charge >= 0.3 is 0 Å². The minimum absolute atomic E-state index is 0.144. The van der Waals surface area contributed by atoms with Crippen molar-refractivity contribution in [2.24, 2.45) is 0 Å². The molecule has 0 bridgehead atoms. The lowest BCUT2D eigenvalue weighted by Crippen LogP contribution is -2.46. The highest BCUT2D eigenvalue weighted by Crippen LogP contribution is 2.19. The highest BCUT2D eigenvalue weighted by atomic mass is 32.2. The minimum atomic E-state index is -3.48. The average molecular weight is 316 g/mol. The van der Waals surface area contributed by atoms with Crippen LogP contribution in [0.2, 0.25) is 0 Å². The summed E-state index contributed by atoms with van der Waals surface area (Å²) in [4.78, 5) is 0.251. The number of rotatable bonds is 6. The lowest BCUT2D eigenvalue weighted by Gasteiger charge is -2.31. The second-order valence-corrected chi connectivity index (χ2v) is 7.48. The Labute approximate surface area is 126 Å². The largest absolute Gasteiger partial charge is 0.378 e. The Bertz CT molecular complexity index is 556. The molecular weight excluding hydrogens is 292 g/mol. The van der Waals surface area contributed by atoms with Crippen LogP contribution in [0.4, 0.5) is 0 Å². The molecule has 1 aliphatic heterocycles. The lowest BCUT2D eigenvalue weighted by atomic mass is 10.3. The summed E-state index contributed by atoms with van der Waals surface area (Å²) in [6.07, 6.45) is 3.02. The second-order valence-electron chi connectivity index (χ2n) is 5.59. The second kappa shape index (κ2) is 6.87. The van der Waals surface area contributed by atoms with Gasteiger partial charge in [0, 0.05) is 31.4 Å². The number of morpholine rings is 1. The molecule has 120 valence electrons. The van der Waals surface area contributed by atoms with E-state index in [1.165, 1.54) is 10.5 Å². The summed E-state index contributed by atoms with van der Waals surface area (Å²) in [5.74, 6) is 0. The maximum atomic E-state index is 12.6. The summed E-state index contributed by atoms with van der Waals surface area (Å²) in [5, 5.41) is 7.41.